The lowest BCUT2D eigenvalue weighted by atomic mass is 10.2. The molecule has 1 fully saturated rings. The van der Waals surface area contributed by atoms with E-state index in [2.05, 4.69) is 18.6 Å². The SMILES string of the molecule is CCCCCOCCCCC.OCC1CO1. The maximum absolute atomic E-state index is 8.08. The van der Waals surface area contributed by atoms with Gasteiger partial charge in [0, 0.05) is 13.2 Å². The van der Waals surface area contributed by atoms with E-state index in [1.807, 2.05) is 0 Å². The summed E-state index contributed by atoms with van der Waals surface area (Å²) >= 11 is 0. The number of epoxide rings is 1. The van der Waals surface area contributed by atoms with Crippen LogP contribution in [0.4, 0.5) is 0 Å². The molecule has 1 saturated heterocycles. The zero-order valence-electron chi connectivity index (χ0n) is 10.9. The number of ether oxygens (including phenoxy) is 2. The molecule has 0 saturated carbocycles. The van der Waals surface area contributed by atoms with Crippen molar-refractivity contribution in [2.75, 3.05) is 26.4 Å². The molecule has 3 nitrogen and oxygen atoms in total. The van der Waals surface area contributed by atoms with Crippen LogP contribution < -0.4 is 0 Å². The van der Waals surface area contributed by atoms with E-state index in [1.54, 1.807) is 0 Å². The van der Waals surface area contributed by atoms with E-state index >= 15 is 0 Å². The Hall–Kier alpha value is -0.120. The summed E-state index contributed by atoms with van der Waals surface area (Å²) in [5.41, 5.74) is 0. The lowest BCUT2D eigenvalue weighted by Crippen LogP contribution is -1.96. The largest absolute Gasteiger partial charge is 0.394 e. The van der Waals surface area contributed by atoms with Gasteiger partial charge in [-0.05, 0) is 12.8 Å². The Morgan fingerprint density at radius 1 is 1.06 bits per heavy atom. The van der Waals surface area contributed by atoms with Gasteiger partial charge in [-0.25, -0.2) is 0 Å². The fourth-order valence-electron chi connectivity index (χ4n) is 1.18. The van der Waals surface area contributed by atoms with E-state index in [0.29, 0.717) is 0 Å². The summed E-state index contributed by atoms with van der Waals surface area (Å²) < 4.78 is 10.0. The van der Waals surface area contributed by atoms with Crippen molar-refractivity contribution in [2.24, 2.45) is 0 Å². The third-order valence-corrected chi connectivity index (χ3v) is 2.39. The Morgan fingerprint density at radius 3 is 1.81 bits per heavy atom. The van der Waals surface area contributed by atoms with Crippen molar-refractivity contribution in [3.63, 3.8) is 0 Å². The van der Waals surface area contributed by atoms with E-state index in [4.69, 9.17) is 9.84 Å². The Labute approximate surface area is 100 Å². The van der Waals surface area contributed by atoms with Crippen molar-refractivity contribution in [3.05, 3.63) is 0 Å². The molecule has 16 heavy (non-hydrogen) atoms. The minimum atomic E-state index is 0.190. The molecule has 0 spiro atoms. The van der Waals surface area contributed by atoms with Gasteiger partial charge >= 0.3 is 0 Å². The van der Waals surface area contributed by atoms with E-state index in [0.717, 1.165) is 19.8 Å². The smallest absolute Gasteiger partial charge is 0.104 e. The van der Waals surface area contributed by atoms with Gasteiger partial charge in [0.15, 0.2) is 0 Å². The number of aliphatic hydroxyl groups excluding tert-OH is 1. The van der Waals surface area contributed by atoms with Gasteiger partial charge in [-0.15, -0.1) is 0 Å². The van der Waals surface area contributed by atoms with Gasteiger partial charge < -0.3 is 14.6 Å². The van der Waals surface area contributed by atoms with Crippen molar-refractivity contribution in [1.29, 1.82) is 0 Å². The third kappa shape index (κ3) is 13.9. The summed E-state index contributed by atoms with van der Waals surface area (Å²) in [6.07, 6.45) is 7.87. The fourth-order valence-corrected chi connectivity index (χ4v) is 1.18. The van der Waals surface area contributed by atoms with Crippen molar-refractivity contribution in [3.8, 4) is 0 Å². The highest BCUT2D eigenvalue weighted by Crippen LogP contribution is 2.04. The molecule has 0 radical (unpaired) electrons. The predicted molar refractivity (Wildman–Crippen MR) is 66.7 cm³/mol. The minimum Gasteiger partial charge on any atom is -0.394 e. The molecule has 98 valence electrons. The van der Waals surface area contributed by atoms with Crippen LogP contribution in [0.1, 0.15) is 52.4 Å². The van der Waals surface area contributed by atoms with Crippen LogP contribution in [-0.4, -0.2) is 37.6 Å². The maximum atomic E-state index is 8.08. The zero-order chi connectivity index (χ0) is 12.1. The van der Waals surface area contributed by atoms with Gasteiger partial charge in [-0.2, -0.15) is 0 Å². The second kappa shape index (κ2) is 12.9. The highest BCUT2D eigenvalue weighted by molar-refractivity contribution is 4.65. The Kier molecular flexibility index (Phi) is 12.9. The fraction of sp³-hybridized carbons (Fsp3) is 1.00. The average Bonchev–Trinajstić information content (AvgIpc) is 3.12. The summed E-state index contributed by atoms with van der Waals surface area (Å²) in [6, 6.07) is 0. The number of unbranched alkanes of at least 4 members (excludes halogenated alkanes) is 4. The zero-order valence-corrected chi connectivity index (χ0v) is 10.9. The monoisotopic (exact) mass is 232 g/mol. The molecule has 0 aliphatic carbocycles. The molecule has 0 aromatic heterocycles. The molecule has 0 amide bonds. The van der Waals surface area contributed by atoms with Gasteiger partial charge in [-0.1, -0.05) is 39.5 Å². The summed E-state index contributed by atoms with van der Waals surface area (Å²) in [5.74, 6) is 0. The maximum Gasteiger partial charge on any atom is 0.104 e. The molecule has 1 N–H and O–H groups in total. The highest BCUT2D eigenvalue weighted by atomic mass is 16.6. The van der Waals surface area contributed by atoms with Gasteiger partial charge in [0.1, 0.15) is 6.10 Å². The second-order valence-corrected chi connectivity index (χ2v) is 4.16. The number of rotatable bonds is 9. The van der Waals surface area contributed by atoms with E-state index < -0.39 is 0 Å². The molecule has 1 heterocycles. The number of hydrogen-bond acceptors (Lipinski definition) is 3. The average molecular weight is 232 g/mol. The van der Waals surface area contributed by atoms with Crippen LogP contribution in [-0.2, 0) is 9.47 Å². The van der Waals surface area contributed by atoms with Crippen molar-refractivity contribution < 1.29 is 14.6 Å². The lowest BCUT2D eigenvalue weighted by molar-refractivity contribution is 0.126. The molecule has 1 atom stereocenters. The van der Waals surface area contributed by atoms with Crippen LogP contribution in [0.2, 0.25) is 0 Å². The van der Waals surface area contributed by atoms with Crippen LogP contribution in [0.25, 0.3) is 0 Å². The van der Waals surface area contributed by atoms with Gasteiger partial charge in [0.25, 0.3) is 0 Å². The predicted octanol–water partition coefficient (Wildman–Crippen LogP) is 2.76. The quantitative estimate of drug-likeness (QED) is 0.491. The second-order valence-electron chi connectivity index (χ2n) is 4.16. The number of aliphatic hydroxyl groups is 1. The molecule has 1 unspecified atom stereocenters. The highest BCUT2D eigenvalue weighted by Gasteiger charge is 2.19. The topological polar surface area (TPSA) is 42.0 Å². The first-order valence-corrected chi connectivity index (χ1v) is 6.65. The van der Waals surface area contributed by atoms with Gasteiger partial charge in [-0.3, -0.25) is 0 Å². The van der Waals surface area contributed by atoms with E-state index in [1.165, 1.54) is 38.5 Å². The van der Waals surface area contributed by atoms with Crippen LogP contribution in [0.3, 0.4) is 0 Å². The third-order valence-electron chi connectivity index (χ3n) is 2.39. The molecular formula is C13H28O3. The molecule has 0 bridgehead atoms. The summed E-state index contributed by atoms with van der Waals surface area (Å²) in [6.45, 7) is 7.33. The summed E-state index contributed by atoms with van der Waals surface area (Å²) in [4.78, 5) is 0. The first-order valence-electron chi connectivity index (χ1n) is 6.65. The minimum absolute atomic E-state index is 0.190. The molecular weight excluding hydrogens is 204 g/mol. The van der Waals surface area contributed by atoms with Gasteiger partial charge in [0.2, 0.25) is 0 Å². The summed E-state index contributed by atoms with van der Waals surface area (Å²) in [7, 11) is 0. The van der Waals surface area contributed by atoms with Crippen LogP contribution in [0.5, 0.6) is 0 Å². The molecule has 0 aromatic carbocycles. The first-order chi connectivity index (χ1) is 7.85. The molecule has 1 rings (SSSR count). The van der Waals surface area contributed by atoms with Gasteiger partial charge in [0.05, 0.1) is 13.2 Å². The van der Waals surface area contributed by atoms with Crippen LogP contribution >= 0.6 is 0 Å². The Morgan fingerprint density at radius 2 is 1.56 bits per heavy atom. The summed E-state index contributed by atoms with van der Waals surface area (Å²) in [5, 5.41) is 8.08. The lowest BCUT2D eigenvalue weighted by Gasteiger charge is -2.01. The van der Waals surface area contributed by atoms with Crippen LogP contribution in [0, 0.1) is 0 Å². The molecule has 1 aliphatic rings. The first kappa shape index (κ1) is 15.9. The Bertz CT molecular complexity index is 116. The van der Waals surface area contributed by atoms with E-state index in [-0.39, 0.29) is 12.7 Å². The number of hydrogen-bond donors (Lipinski definition) is 1. The Balaban J connectivity index is 0.000000368. The molecule has 1 aliphatic heterocycles. The van der Waals surface area contributed by atoms with Crippen molar-refractivity contribution in [2.45, 2.75) is 58.5 Å². The molecule has 3 heteroatoms. The van der Waals surface area contributed by atoms with Crippen LogP contribution in [0.15, 0.2) is 0 Å². The van der Waals surface area contributed by atoms with Crippen molar-refractivity contribution >= 4 is 0 Å². The molecule has 0 aromatic rings. The normalized spacial score (nSPS) is 17.8. The van der Waals surface area contributed by atoms with E-state index in [9.17, 15) is 0 Å². The van der Waals surface area contributed by atoms with Crippen molar-refractivity contribution in [1.82, 2.24) is 0 Å². The standard InChI is InChI=1S/C10H22O.C3H6O2/c1-3-5-7-9-11-10-8-6-4-2;4-1-3-2-5-3/h3-10H2,1-2H3;3-4H,1-2H2.